The molecule has 7 nitrogen and oxygen atoms in total. The molecule has 35 heavy (non-hydrogen) atoms. The normalized spacial score (nSPS) is 13.4. The number of alkyl halides is 3. The standard InChI is InChI=1S/C24H28F3N4O3P/c1-5-31(6-2)35(33,29-18-10-7-9-17(15-18)24(25,26)27)22-13-12-19(30(3)4)16-20(22)28-23(32)21-11-8-14-34-21/h7-16H,5-6H2,1-4H3,(H,28,32)(H,29,33)/t35-/m1/s1. The zero-order chi connectivity index (χ0) is 25.8. The van der Waals surface area contributed by atoms with Gasteiger partial charge in [0.25, 0.3) is 13.4 Å². The molecule has 0 saturated carbocycles. The number of amides is 1. The number of halogens is 3. The van der Waals surface area contributed by atoms with Crippen LogP contribution in [0.3, 0.4) is 0 Å². The molecule has 0 bridgehead atoms. The van der Waals surface area contributed by atoms with E-state index in [0.717, 1.165) is 17.8 Å². The third-order valence-corrected chi connectivity index (χ3v) is 8.38. The molecule has 3 aromatic rings. The van der Waals surface area contributed by atoms with Crippen LogP contribution in [0.5, 0.6) is 0 Å². The first-order chi connectivity index (χ1) is 16.5. The number of nitrogens with one attached hydrogen (secondary N) is 2. The molecule has 0 spiro atoms. The van der Waals surface area contributed by atoms with Gasteiger partial charge in [-0.2, -0.15) is 13.2 Å². The lowest BCUT2D eigenvalue weighted by molar-refractivity contribution is -0.137. The molecular weight excluding hydrogens is 480 g/mol. The number of rotatable bonds is 9. The van der Waals surface area contributed by atoms with Crippen LogP contribution in [0.1, 0.15) is 30.0 Å². The van der Waals surface area contributed by atoms with Crippen LogP contribution in [-0.4, -0.2) is 37.8 Å². The Morgan fingerprint density at radius 3 is 2.31 bits per heavy atom. The minimum atomic E-state index is -4.55. The van der Waals surface area contributed by atoms with Crippen molar-refractivity contribution in [3.63, 3.8) is 0 Å². The van der Waals surface area contributed by atoms with Crippen LogP contribution in [0.2, 0.25) is 0 Å². The maximum absolute atomic E-state index is 14.6. The second-order valence-corrected chi connectivity index (χ2v) is 10.4. The van der Waals surface area contributed by atoms with Crippen molar-refractivity contribution in [2.45, 2.75) is 20.0 Å². The van der Waals surface area contributed by atoms with Gasteiger partial charge in [0.1, 0.15) is 0 Å². The van der Waals surface area contributed by atoms with Crippen molar-refractivity contribution in [2.24, 2.45) is 0 Å². The molecule has 0 saturated heterocycles. The first kappa shape index (κ1) is 26.4. The maximum Gasteiger partial charge on any atom is 0.416 e. The number of carbonyl (C=O) groups is 1. The van der Waals surface area contributed by atoms with Gasteiger partial charge < -0.3 is 19.7 Å². The molecule has 3 rings (SSSR count). The minimum Gasteiger partial charge on any atom is -0.459 e. The molecule has 1 amide bonds. The Balaban J connectivity index is 2.14. The number of benzene rings is 2. The van der Waals surface area contributed by atoms with Gasteiger partial charge in [-0.15, -0.1) is 0 Å². The maximum atomic E-state index is 14.6. The second-order valence-electron chi connectivity index (χ2n) is 7.93. The predicted octanol–water partition coefficient (Wildman–Crippen LogP) is 5.89. The van der Waals surface area contributed by atoms with Crippen LogP contribution < -0.4 is 20.6 Å². The van der Waals surface area contributed by atoms with E-state index in [1.54, 1.807) is 42.8 Å². The second kappa shape index (κ2) is 10.6. The van der Waals surface area contributed by atoms with Gasteiger partial charge in [-0.1, -0.05) is 19.9 Å². The lowest BCUT2D eigenvalue weighted by Crippen LogP contribution is -2.32. The fraction of sp³-hybridized carbons (Fsp3) is 0.292. The van der Waals surface area contributed by atoms with Gasteiger partial charge in [0.15, 0.2) is 5.76 Å². The van der Waals surface area contributed by atoms with Crippen LogP contribution in [0.15, 0.2) is 65.3 Å². The van der Waals surface area contributed by atoms with E-state index in [2.05, 4.69) is 10.4 Å². The molecule has 1 atom stereocenters. The van der Waals surface area contributed by atoms with E-state index in [0.29, 0.717) is 13.1 Å². The number of nitrogens with zero attached hydrogens (tertiary/aromatic N) is 2. The van der Waals surface area contributed by atoms with Crippen molar-refractivity contribution < 1.29 is 26.9 Å². The van der Waals surface area contributed by atoms with Crippen molar-refractivity contribution >= 4 is 35.7 Å². The van der Waals surface area contributed by atoms with Gasteiger partial charge in [0.05, 0.1) is 22.8 Å². The van der Waals surface area contributed by atoms with E-state index in [-0.39, 0.29) is 22.4 Å². The van der Waals surface area contributed by atoms with Gasteiger partial charge >= 0.3 is 6.18 Å². The van der Waals surface area contributed by atoms with Gasteiger partial charge in [0.2, 0.25) is 0 Å². The zero-order valence-electron chi connectivity index (χ0n) is 19.9. The molecule has 1 aromatic heterocycles. The lowest BCUT2D eigenvalue weighted by atomic mass is 10.2. The summed E-state index contributed by atoms with van der Waals surface area (Å²) in [5, 5.41) is 5.89. The molecule has 1 heterocycles. The molecule has 11 heteroatoms. The summed E-state index contributed by atoms with van der Waals surface area (Å²) in [4.78, 5) is 14.6. The van der Waals surface area contributed by atoms with E-state index in [1.807, 2.05) is 19.0 Å². The highest BCUT2D eigenvalue weighted by Gasteiger charge is 2.36. The molecule has 2 aromatic carbocycles. The largest absolute Gasteiger partial charge is 0.459 e. The van der Waals surface area contributed by atoms with Crippen LogP contribution in [-0.2, 0) is 10.7 Å². The van der Waals surface area contributed by atoms with Gasteiger partial charge in [-0.05, 0) is 48.5 Å². The highest BCUT2D eigenvalue weighted by atomic mass is 31.2. The summed E-state index contributed by atoms with van der Waals surface area (Å²) in [5.74, 6) is -0.480. The monoisotopic (exact) mass is 508 g/mol. The van der Waals surface area contributed by atoms with Gasteiger partial charge in [-0.3, -0.25) is 9.36 Å². The summed E-state index contributed by atoms with van der Waals surface area (Å²) >= 11 is 0. The Labute approximate surface area is 202 Å². The van der Waals surface area contributed by atoms with Crippen LogP contribution in [0, 0.1) is 0 Å². The Morgan fingerprint density at radius 1 is 1.03 bits per heavy atom. The molecule has 0 aliphatic carbocycles. The molecule has 0 unspecified atom stereocenters. The first-order valence-corrected chi connectivity index (χ1v) is 12.6. The first-order valence-electron chi connectivity index (χ1n) is 11.0. The number of anilines is 3. The van der Waals surface area contributed by atoms with E-state index >= 15 is 0 Å². The highest BCUT2D eigenvalue weighted by Crippen LogP contribution is 2.50. The summed E-state index contributed by atoms with van der Waals surface area (Å²) in [6.07, 6.45) is -3.19. The van der Waals surface area contributed by atoms with Crippen molar-refractivity contribution in [1.29, 1.82) is 0 Å². The average molecular weight is 508 g/mol. The molecule has 0 radical (unpaired) electrons. The number of hydrogen-bond donors (Lipinski definition) is 2. The fourth-order valence-electron chi connectivity index (χ4n) is 3.60. The van der Waals surface area contributed by atoms with Crippen molar-refractivity contribution in [1.82, 2.24) is 4.67 Å². The predicted molar refractivity (Wildman–Crippen MR) is 133 cm³/mol. The van der Waals surface area contributed by atoms with Crippen LogP contribution in [0.25, 0.3) is 0 Å². The molecule has 0 aliphatic rings. The Kier molecular flexibility index (Phi) is 7.97. The molecule has 0 fully saturated rings. The van der Waals surface area contributed by atoms with E-state index in [1.165, 1.54) is 24.5 Å². The fourth-order valence-corrected chi connectivity index (χ4v) is 6.18. The topological polar surface area (TPSA) is 77.8 Å². The number of furan rings is 1. The Hall–Kier alpha value is -3.23. The summed E-state index contributed by atoms with van der Waals surface area (Å²) in [6.45, 7) is 4.31. The number of hydrogen-bond acceptors (Lipinski definition) is 4. The third kappa shape index (κ3) is 5.89. The van der Waals surface area contributed by atoms with Crippen molar-refractivity contribution in [3.05, 3.63) is 72.2 Å². The molecule has 188 valence electrons. The Bertz CT molecular complexity index is 1210. The molecule has 2 N–H and O–H groups in total. The molecular formula is C24H28F3N4O3P. The quantitative estimate of drug-likeness (QED) is 0.351. The van der Waals surface area contributed by atoms with E-state index < -0.39 is 25.1 Å². The lowest BCUT2D eigenvalue weighted by Gasteiger charge is -2.33. The number of carbonyl (C=O) groups excluding carboxylic acids is 1. The Morgan fingerprint density at radius 2 is 1.74 bits per heavy atom. The van der Waals surface area contributed by atoms with Gasteiger partial charge in [0, 0.05) is 38.6 Å². The highest BCUT2D eigenvalue weighted by molar-refractivity contribution is 7.71. The van der Waals surface area contributed by atoms with E-state index in [9.17, 15) is 22.5 Å². The van der Waals surface area contributed by atoms with Gasteiger partial charge in [-0.25, -0.2) is 4.67 Å². The zero-order valence-corrected chi connectivity index (χ0v) is 20.8. The van der Waals surface area contributed by atoms with Crippen LogP contribution in [0.4, 0.5) is 30.2 Å². The third-order valence-electron chi connectivity index (χ3n) is 5.42. The van der Waals surface area contributed by atoms with E-state index in [4.69, 9.17) is 4.42 Å². The van der Waals surface area contributed by atoms with Crippen molar-refractivity contribution in [2.75, 3.05) is 42.5 Å². The summed E-state index contributed by atoms with van der Waals surface area (Å²) < 4.78 is 61.4. The van der Waals surface area contributed by atoms with Crippen LogP contribution >= 0.6 is 7.44 Å². The SMILES string of the molecule is CCN(CC)[P@](=O)(Nc1cccc(C(F)(F)F)c1)c1ccc(N(C)C)cc1NC(=O)c1ccco1. The summed E-state index contributed by atoms with van der Waals surface area (Å²) in [5.41, 5.74) is 0.180. The average Bonchev–Trinajstić information content (AvgIpc) is 3.34. The minimum absolute atomic E-state index is 0.0510. The summed E-state index contributed by atoms with van der Waals surface area (Å²) in [7, 11) is -0.110. The smallest absolute Gasteiger partial charge is 0.416 e. The molecule has 0 aliphatic heterocycles. The van der Waals surface area contributed by atoms with Crippen molar-refractivity contribution in [3.8, 4) is 0 Å². The summed E-state index contributed by atoms with van der Waals surface area (Å²) in [6, 6.07) is 12.7.